The molecule has 0 spiro atoms. The summed E-state index contributed by atoms with van der Waals surface area (Å²) in [5.74, 6) is 0.885. The van der Waals surface area contributed by atoms with Crippen molar-refractivity contribution in [3.05, 3.63) is 0 Å². The molecule has 0 radical (unpaired) electrons. The van der Waals surface area contributed by atoms with Gasteiger partial charge in [-0.1, -0.05) is 0 Å². The normalized spacial score (nSPS) is 34.1. The molecule has 0 aromatic carbocycles. The first-order valence-corrected chi connectivity index (χ1v) is 7.32. The lowest BCUT2D eigenvalue weighted by molar-refractivity contribution is -0.0103. The van der Waals surface area contributed by atoms with E-state index in [0.29, 0.717) is 5.54 Å². The summed E-state index contributed by atoms with van der Waals surface area (Å²) in [4.78, 5) is 2.73. The SMILES string of the molecule is CC1(N2CCC(CNC3CC3)C2)CCOCC1. The highest BCUT2D eigenvalue weighted by Crippen LogP contribution is 2.32. The molecule has 0 bridgehead atoms. The first-order chi connectivity index (χ1) is 8.26. The average Bonchev–Trinajstić information content (AvgIpc) is 3.04. The molecule has 17 heavy (non-hydrogen) atoms. The standard InChI is InChI=1S/C14H26N2O/c1-14(5-8-17-9-6-14)16-7-4-12(11-16)10-15-13-2-3-13/h12-13,15H,2-11H2,1H3. The van der Waals surface area contributed by atoms with Crippen LogP contribution in [0.4, 0.5) is 0 Å². The van der Waals surface area contributed by atoms with Gasteiger partial charge in [0, 0.05) is 31.3 Å². The number of likely N-dealkylation sites (tertiary alicyclic amines) is 1. The van der Waals surface area contributed by atoms with Gasteiger partial charge in [0.05, 0.1) is 0 Å². The zero-order valence-electron chi connectivity index (χ0n) is 11.1. The third kappa shape index (κ3) is 2.83. The Morgan fingerprint density at radius 3 is 2.71 bits per heavy atom. The number of hydrogen-bond donors (Lipinski definition) is 1. The highest BCUT2D eigenvalue weighted by Gasteiger charge is 2.38. The van der Waals surface area contributed by atoms with Crippen LogP contribution < -0.4 is 5.32 Å². The highest BCUT2D eigenvalue weighted by molar-refractivity contribution is 4.93. The van der Waals surface area contributed by atoms with Gasteiger partial charge in [0.2, 0.25) is 0 Å². The zero-order chi connectivity index (χ0) is 11.7. The molecule has 2 aliphatic heterocycles. The Labute approximate surface area is 105 Å². The van der Waals surface area contributed by atoms with Crippen molar-refractivity contribution in [2.75, 3.05) is 32.8 Å². The van der Waals surface area contributed by atoms with Crippen molar-refractivity contribution in [3.63, 3.8) is 0 Å². The Balaban J connectivity index is 1.48. The van der Waals surface area contributed by atoms with Crippen molar-refractivity contribution in [2.45, 2.75) is 50.6 Å². The fourth-order valence-electron chi connectivity index (χ4n) is 3.24. The van der Waals surface area contributed by atoms with Crippen molar-refractivity contribution < 1.29 is 4.74 Å². The van der Waals surface area contributed by atoms with Crippen molar-refractivity contribution in [3.8, 4) is 0 Å². The minimum absolute atomic E-state index is 0.423. The van der Waals surface area contributed by atoms with Gasteiger partial charge in [-0.2, -0.15) is 0 Å². The van der Waals surface area contributed by atoms with Crippen LogP contribution in [0.2, 0.25) is 0 Å². The van der Waals surface area contributed by atoms with Crippen molar-refractivity contribution >= 4 is 0 Å². The minimum atomic E-state index is 0.423. The number of rotatable bonds is 4. The second-order valence-corrected chi connectivity index (χ2v) is 6.39. The number of nitrogens with one attached hydrogen (secondary N) is 1. The van der Waals surface area contributed by atoms with Gasteiger partial charge in [0.15, 0.2) is 0 Å². The molecule has 1 N–H and O–H groups in total. The van der Waals surface area contributed by atoms with Gasteiger partial charge in [-0.05, 0) is 58.0 Å². The molecule has 3 rings (SSSR count). The molecule has 0 aromatic heterocycles. The molecule has 2 saturated heterocycles. The fraction of sp³-hybridized carbons (Fsp3) is 1.00. The van der Waals surface area contributed by atoms with E-state index in [1.807, 2.05) is 0 Å². The van der Waals surface area contributed by atoms with E-state index in [0.717, 1.165) is 25.2 Å². The lowest BCUT2D eigenvalue weighted by Gasteiger charge is -2.42. The van der Waals surface area contributed by atoms with Gasteiger partial charge in [0.1, 0.15) is 0 Å². The molecular formula is C14H26N2O. The summed E-state index contributed by atoms with van der Waals surface area (Å²) in [7, 11) is 0. The molecule has 3 heteroatoms. The molecule has 3 nitrogen and oxygen atoms in total. The molecule has 0 aromatic rings. The lowest BCUT2D eigenvalue weighted by atomic mass is 9.90. The quantitative estimate of drug-likeness (QED) is 0.805. The summed E-state index contributed by atoms with van der Waals surface area (Å²) in [6.07, 6.45) is 6.64. The van der Waals surface area contributed by atoms with E-state index < -0.39 is 0 Å². The van der Waals surface area contributed by atoms with Gasteiger partial charge in [-0.25, -0.2) is 0 Å². The van der Waals surface area contributed by atoms with E-state index in [1.54, 1.807) is 0 Å². The summed E-state index contributed by atoms with van der Waals surface area (Å²) in [5.41, 5.74) is 0.423. The second-order valence-electron chi connectivity index (χ2n) is 6.39. The van der Waals surface area contributed by atoms with Crippen LogP contribution in [0.25, 0.3) is 0 Å². The molecule has 98 valence electrons. The summed E-state index contributed by atoms with van der Waals surface area (Å²) >= 11 is 0. The van der Waals surface area contributed by atoms with E-state index >= 15 is 0 Å². The maximum absolute atomic E-state index is 5.50. The molecule has 3 aliphatic rings. The Morgan fingerprint density at radius 2 is 2.00 bits per heavy atom. The smallest absolute Gasteiger partial charge is 0.0483 e. The van der Waals surface area contributed by atoms with E-state index in [-0.39, 0.29) is 0 Å². The molecule has 2 heterocycles. The van der Waals surface area contributed by atoms with Gasteiger partial charge < -0.3 is 10.1 Å². The fourth-order valence-corrected chi connectivity index (χ4v) is 3.24. The maximum atomic E-state index is 5.50. The van der Waals surface area contributed by atoms with Crippen molar-refractivity contribution in [2.24, 2.45) is 5.92 Å². The van der Waals surface area contributed by atoms with E-state index in [1.165, 1.54) is 51.7 Å². The number of ether oxygens (including phenoxy) is 1. The van der Waals surface area contributed by atoms with Gasteiger partial charge in [0.25, 0.3) is 0 Å². The maximum Gasteiger partial charge on any atom is 0.0483 e. The summed E-state index contributed by atoms with van der Waals surface area (Å²) in [6, 6.07) is 0.864. The first kappa shape index (κ1) is 11.9. The predicted octanol–water partition coefficient (Wildman–Crippen LogP) is 1.63. The van der Waals surface area contributed by atoms with Crippen LogP contribution in [0.1, 0.15) is 39.0 Å². The van der Waals surface area contributed by atoms with Crippen LogP contribution in [-0.2, 0) is 4.74 Å². The Bertz CT molecular complexity index is 259. The van der Waals surface area contributed by atoms with Gasteiger partial charge in [-0.15, -0.1) is 0 Å². The Hall–Kier alpha value is -0.120. The first-order valence-electron chi connectivity index (χ1n) is 7.32. The van der Waals surface area contributed by atoms with Crippen LogP contribution in [0.15, 0.2) is 0 Å². The topological polar surface area (TPSA) is 24.5 Å². The number of nitrogens with zero attached hydrogens (tertiary/aromatic N) is 1. The van der Waals surface area contributed by atoms with Gasteiger partial charge in [-0.3, -0.25) is 4.90 Å². The molecular weight excluding hydrogens is 212 g/mol. The third-order valence-electron chi connectivity index (χ3n) is 4.89. The van der Waals surface area contributed by atoms with E-state index in [4.69, 9.17) is 4.74 Å². The van der Waals surface area contributed by atoms with Gasteiger partial charge >= 0.3 is 0 Å². The monoisotopic (exact) mass is 238 g/mol. The van der Waals surface area contributed by atoms with Crippen LogP contribution in [0.3, 0.4) is 0 Å². The summed E-state index contributed by atoms with van der Waals surface area (Å²) in [6.45, 7) is 8.19. The molecule has 1 saturated carbocycles. The van der Waals surface area contributed by atoms with Crippen molar-refractivity contribution in [1.29, 1.82) is 0 Å². The minimum Gasteiger partial charge on any atom is -0.381 e. The predicted molar refractivity (Wildman–Crippen MR) is 69.2 cm³/mol. The average molecular weight is 238 g/mol. The molecule has 1 atom stereocenters. The molecule has 1 aliphatic carbocycles. The largest absolute Gasteiger partial charge is 0.381 e. The van der Waals surface area contributed by atoms with Crippen LogP contribution >= 0.6 is 0 Å². The van der Waals surface area contributed by atoms with E-state index in [9.17, 15) is 0 Å². The Kier molecular flexibility index (Phi) is 3.42. The lowest BCUT2D eigenvalue weighted by Crippen LogP contribution is -2.49. The van der Waals surface area contributed by atoms with Crippen LogP contribution in [0, 0.1) is 5.92 Å². The molecule has 0 amide bonds. The second kappa shape index (κ2) is 4.87. The highest BCUT2D eigenvalue weighted by atomic mass is 16.5. The molecule has 1 unspecified atom stereocenters. The number of hydrogen-bond acceptors (Lipinski definition) is 3. The summed E-state index contributed by atoms with van der Waals surface area (Å²) in [5, 5.41) is 3.68. The van der Waals surface area contributed by atoms with E-state index in [2.05, 4.69) is 17.1 Å². The molecule has 3 fully saturated rings. The van der Waals surface area contributed by atoms with Crippen LogP contribution in [-0.4, -0.2) is 49.3 Å². The third-order valence-corrected chi connectivity index (χ3v) is 4.89. The Morgan fingerprint density at radius 1 is 1.24 bits per heavy atom. The van der Waals surface area contributed by atoms with Crippen LogP contribution in [0.5, 0.6) is 0 Å². The summed E-state index contributed by atoms with van der Waals surface area (Å²) < 4.78 is 5.50. The zero-order valence-corrected chi connectivity index (χ0v) is 11.1. The van der Waals surface area contributed by atoms with Crippen molar-refractivity contribution in [1.82, 2.24) is 10.2 Å².